The zero-order chi connectivity index (χ0) is 15.6. The van der Waals surface area contributed by atoms with Crippen molar-refractivity contribution in [1.29, 1.82) is 0 Å². The molecule has 0 spiro atoms. The van der Waals surface area contributed by atoms with Crippen LogP contribution in [-0.4, -0.2) is 31.5 Å². The second-order valence-electron chi connectivity index (χ2n) is 4.14. The molecule has 0 radical (unpaired) electrons. The molecule has 2 rings (SSSR count). The van der Waals surface area contributed by atoms with Crippen molar-refractivity contribution in [2.45, 2.75) is 0 Å². The number of nitro groups is 1. The first-order valence-corrected chi connectivity index (χ1v) is 5.70. The van der Waals surface area contributed by atoms with E-state index in [2.05, 4.69) is 10.3 Å². The Morgan fingerprint density at radius 1 is 1.43 bits per heavy atom. The normalized spacial score (nSPS) is 10.1. The van der Waals surface area contributed by atoms with Gasteiger partial charge in [0.05, 0.1) is 16.7 Å². The zero-order valence-electron chi connectivity index (χ0n) is 10.8. The molecule has 9 nitrogen and oxygen atoms in total. The minimum absolute atomic E-state index is 0.0295. The summed E-state index contributed by atoms with van der Waals surface area (Å²) in [6.07, 6.45) is 2.45. The number of amides is 1. The Morgan fingerprint density at radius 2 is 2.14 bits per heavy atom. The van der Waals surface area contributed by atoms with Crippen LogP contribution >= 0.6 is 0 Å². The molecule has 0 aliphatic carbocycles. The molecule has 0 bridgehead atoms. The number of nitrogens with one attached hydrogen (secondary N) is 1. The highest BCUT2D eigenvalue weighted by molar-refractivity contribution is 6.03. The molecular weight excluding hydrogens is 280 g/mol. The van der Waals surface area contributed by atoms with Crippen LogP contribution < -0.4 is 5.32 Å². The number of carboxylic acids is 1. The van der Waals surface area contributed by atoms with E-state index < -0.39 is 16.8 Å². The third-order valence-corrected chi connectivity index (χ3v) is 2.68. The quantitative estimate of drug-likeness (QED) is 0.644. The van der Waals surface area contributed by atoms with Gasteiger partial charge >= 0.3 is 5.97 Å². The fraction of sp³-hybridized carbons (Fsp3) is 0.0833. The number of hydrogen-bond acceptors (Lipinski definition) is 5. The first-order chi connectivity index (χ1) is 9.88. The molecule has 0 unspecified atom stereocenters. The van der Waals surface area contributed by atoms with Gasteiger partial charge in [0.1, 0.15) is 11.5 Å². The van der Waals surface area contributed by atoms with Gasteiger partial charge in [-0.25, -0.2) is 9.78 Å². The first kappa shape index (κ1) is 14.2. The summed E-state index contributed by atoms with van der Waals surface area (Å²) in [5.41, 5.74) is -0.183. The summed E-state index contributed by atoms with van der Waals surface area (Å²) in [5.74, 6) is -1.73. The van der Waals surface area contributed by atoms with Crippen LogP contribution in [0.25, 0.3) is 0 Å². The standard InChI is InChI=1S/C12H10N4O5/c1-15-6-8(16(20)21)5-9(15)11(17)14-10-4-7(12(18)19)2-3-13-10/h2-6H,1H3,(H,18,19)(H,13,14,17). The molecule has 2 heterocycles. The lowest BCUT2D eigenvalue weighted by Gasteiger charge is -2.05. The number of hydrogen-bond donors (Lipinski definition) is 2. The number of aryl methyl sites for hydroxylation is 1. The number of aromatic nitrogens is 2. The van der Waals surface area contributed by atoms with Crippen LogP contribution in [0.5, 0.6) is 0 Å². The van der Waals surface area contributed by atoms with Gasteiger partial charge in [-0.1, -0.05) is 0 Å². The Balaban J connectivity index is 2.24. The Labute approximate surface area is 118 Å². The summed E-state index contributed by atoms with van der Waals surface area (Å²) in [5, 5.41) is 21.9. The smallest absolute Gasteiger partial charge is 0.335 e. The molecule has 1 amide bonds. The summed E-state index contributed by atoms with van der Waals surface area (Å²) in [6.45, 7) is 0. The van der Waals surface area contributed by atoms with Crippen LogP contribution in [0.15, 0.2) is 30.6 Å². The van der Waals surface area contributed by atoms with E-state index in [0.717, 1.165) is 6.07 Å². The third kappa shape index (κ3) is 3.03. The number of nitrogens with zero attached hydrogens (tertiary/aromatic N) is 3. The summed E-state index contributed by atoms with van der Waals surface area (Å²) >= 11 is 0. The summed E-state index contributed by atoms with van der Waals surface area (Å²) < 4.78 is 1.30. The van der Waals surface area contributed by atoms with Gasteiger partial charge in [-0.05, 0) is 12.1 Å². The molecule has 2 aromatic rings. The average molecular weight is 290 g/mol. The van der Waals surface area contributed by atoms with Gasteiger partial charge in [-0.2, -0.15) is 0 Å². The lowest BCUT2D eigenvalue weighted by Crippen LogP contribution is -2.16. The Kier molecular flexibility index (Phi) is 3.65. The molecule has 0 aliphatic heterocycles. The van der Waals surface area contributed by atoms with E-state index in [-0.39, 0.29) is 22.8 Å². The van der Waals surface area contributed by atoms with Crippen molar-refractivity contribution in [3.05, 3.63) is 52.0 Å². The van der Waals surface area contributed by atoms with E-state index in [4.69, 9.17) is 5.11 Å². The van der Waals surface area contributed by atoms with Gasteiger partial charge in [-0.15, -0.1) is 0 Å². The first-order valence-electron chi connectivity index (χ1n) is 5.70. The summed E-state index contributed by atoms with van der Waals surface area (Å²) in [6, 6.07) is 3.60. The average Bonchev–Trinajstić information content (AvgIpc) is 2.81. The van der Waals surface area contributed by atoms with Crippen molar-refractivity contribution in [2.24, 2.45) is 7.05 Å². The highest BCUT2D eigenvalue weighted by Gasteiger charge is 2.18. The van der Waals surface area contributed by atoms with Gasteiger partial charge in [0, 0.05) is 19.3 Å². The minimum Gasteiger partial charge on any atom is -0.478 e. The lowest BCUT2D eigenvalue weighted by molar-refractivity contribution is -0.384. The second kappa shape index (κ2) is 5.41. The topological polar surface area (TPSA) is 127 Å². The van der Waals surface area contributed by atoms with E-state index in [9.17, 15) is 19.7 Å². The Bertz CT molecular complexity index is 737. The molecule has 0 fully saturated rings. The van der Waals surface area contributed by atoms with Gasteiger partial charge in [0.2, 0.25) is 0 Å². The van der Waals surface area contributed by atoms with Gasteiger partial charge < -0.3 is 15.0 Å². The van der Waals surface area contributed by atoms with Crippen molar-refractivity contribution < 1.29 is 19.6 Å². The SMILES string of the molecule is Cn1cc([N+](=O)[O-])cc1C(=O)Nc1cc(C(=O)O)ccn1. The largest absolute Gasteiger partial charge is 0.478 e. The fourth-order valence-corrected chi connectivity index (χ4v) is 1.68. The van der Waals surface area contributed by atoms with E-state index in [1.54, 1.807) is 0 Å². The van der Waals surface area contributed by atoms with Crippen LogP contribution in [0.3, 0.4) is 0 Å². The molecule has 0 aromatic carbocycles. The molecule has 2 aromatic heterocycles. The number of aromatic carboxylic acids is 1. The number of carbonyl (C=O) groups is 2. The lowest BCUT2D eigenvalue weighted by atomic mass is 10.2. The fourth-order valence-electron chi connectivity index (χ4n) is 1.68. The van der Waals surface area contributed by atoms with Crippen molar-refractivity contribution in [2.75, 3.05) is 5.32 Å². The van der Waals surface area contributed by atoms with Crippen molar-refractivity contribution >= 4 is 23.4 Å². The van der Waals surface area contributed by atoms with Gasteiger partial charge in [0.25, 0.3) is 11.6 Å². The number of carbonyl (C=O) groups excluding carboxylic acids is 1. The maximum atomic E-state index is 12.0. The molecule has 0 atom stereocenters. The van der Waals surface area contributed by atoms with Crippen LogP contribution in [-0.2, 0) is 7.05 Å². The number of anilines is 1. The molecule has 2 N–H and O–H groups in total. The zero-order valence-corrected chi connectivity index (χ0v) is 10.8. The maximum absolute atomic E-state index is 12.0. The maximum Gasteiger partial charge on any atom is 0.335 e. The van der Waals surface area contributed by atoms with E-state index in [1.165, 1.54) is 36.1 Å². The number of carboxylic acid groups (broad SMARTS) is 1. The van der Waals surface area contributed by atoms with Crippen LogP contribution in [0.4, 0.5) is 11.5 Å². The molecule has 0 saturated heterocycles. The molecule has 0 aliphatic rings. The van der Waals surface area contributed by atoms with Crippen molar-refractivity contribution in [3.63, 3.8) is 0 Å². The molecule has 0 saturated carbocycles. The molecule has 21 heavy (non-hydrogen) atoms. The molecular formula is C12H10N4O5. The number of pyridine rings is 1. The highest BCUT2D eigenvalue weighted by Crippen LogP contribution is 2.16. The Hall–Kier alpha value is -3.23. The van der Waals surface area contributed by atoms with Crippen LogP contribution in [0, 0.1) is 10.1 Å². The Morgan fingerprint density at radius 3 is 2.71 bits per heavy atom. The monoisotopic (exact) mass is 290 g/mol. The summed E-state index contributed by atoms with van der Waals surface area (Å²) in [7, 11) is 1.49. The molecule has 108 valence electrons. The van der Waals surface area contributed by atoms with Crippen LogP contribution in [0.1, 0.15) is 20.8 Å². The minimum atomic E-state index is -1.15. The van der Waals surface area contributed by atoms with Gasteiger partial charge in [0.15, 0.2) is 0 Å². The van der Waals surface area contributed by atoms with E-state index in [1.807, 2.05) is 0 Å². The predicted molar refractivity (Wildman–Crippen MR) is 71.2 cm³/mol. The second-order valence-corrected chi connectivity index (χ2v) is 4.14. The van der Waals surface area contributed by atoms with Crippen molar-refractivity contribution in [1.82, 2.24) is 9.55 Å². The summed E-state index contributed by atoms with van der Waals surface area (Å²) in [4.78, 5) is 36.7. The predicted octanol–water partition coefficient (Wildman–Crippen LogP) is 1.28. The third-order valence-electron chi connectivity index (χ3n) is 2.68. The highest BCUT2D eigenvalue weighted by atomic mass is 16.6. The van der Waals surface area contributed by atoms with E-state index in [0.29, 0.717) is 0 Å². The van der Waals surface area contributed by atoms with Gasteiger partial charge in [-0.3, -0.25) is 14.9 Å². The number of rotatable bonds is 4. The van der Waals surface area contributed by atoms with Crippen molar-refractivity contribution in [3.8, 4) is 0 Å². The van der Waals surface area contributed by atoms with E-state index >= 15 is 0 Å². The molecule has 9 heteroatoms. The van der Waals surface area contributed by atoms with Crippen LogP contribution in [0.2, 0.25) is 0 Å².